The van der Waals surface area contributed by atoms with E-state index in [0.717, 1.165) is 22.8 Å². The Morgan fingerprint density at radius 2 is 2.00 bits per heavy atom. The number of benzene rings is 1. The van der Waals surface area contributed by atoms with Gasteiger partial charge in [-0.05, 0) is 32.2 Å². The fourth-order valence-corrected chi connectivity index (χ4v) is 1.96. The first-order valence-corrected chi connectivity index (χ1v) is 6.25. The topological polar surface area (TPSA) is 66.9 Å². The summed E-state index contributed by atoms with van der Waals surface area (Å²) < 4.78 is 39.0. The summed E-state index contributed by atoms with van der Waals surface area (Å²) in [6.07, 6.45) is -4.54. The van der Waals surface area contributed by atoms with Crippen molar-refractivity contribution in [3.63, 3.8) is 0 Å². The van der Waals surface area contributed by atoms with Gasteiger partial charge in [0.15, 0.2) is 0 Å². The minimum atomic E-state index is -4.54. The van der Waals surface area contributed by atoms with Gasteiger partial charge in [-0.25, -0.2) is 4.79 Å². The number of aromatic amines is 1. The summed E-state index contributed by atoms with van der Waals surface area (Å²) in [4.78, 5) is 26.5. The number of H-pyrrole nitrogens is 1. The second kappa shape index (κ2) is 5.36. The van der Waals surface area contributed by atoms with E-state index in [2.05, 4.69) is 10.3 Å². The minimum absolute atomic E-state index is 0.0663. The van der Waals surface area contributed by atoms with Crippen molar-refractivity contribution in [1.29, 1.82) is 0 Å². The highest BCUT2D eigenvalue weighted by atomic mass is 19.4. The molecule has 1 unspecified atom stereocenters. The van der Waals surface area contributed by atoms with Crippen LogP contribution in [0.3, 0.4) is 0 Å². The molecule has 1 aromatic carbocycles. The van der Waals surface area contributed by atoms with E-state index in [4.69, 9.17) is 0 Å². The molecular weight excluding hydrogens is 287 g/mol. The number of fused-ring (bicyclic) bond motifs is 1. The van der Waals surface area contributed by atoms with E-state index >= 15 is 0 Å². The third-order valence-corrected chi connectivity index (χ3v) is 3.26. The first kappa shape index (κ1) is 15.3. The van der Waals surface area contributed by atoms with Crippen molar-refractivity contribution < 1.29 is 13.2 Å². The molecule has 2 aromatic rings. The number of nitrogens with one attached hydrogen (secondary N) is 2. The van der Waals surface area contributed by atoms with Gasteiger partial charge in [0, 0.05) is 12.6 Å². The Kier molecular flexibility index (Phi) is 3.91. The first-order chi connectivity index (χ1) is 9.74. The monoisotopic (exact) mass is 301 g/mol. The van der Waals surface area contributed by atoms with Gasteiger partial charge in [-0.15, -0.1) is 0 Å². The van der Waals surface area contributed by atoms with Gasteiger partial charge >= 0.3 is 11.9 Å². The van der Waals surface area contributed by atoms with E-state index in [-0.39, 0.29) is 23.5 Å². The highest BCUT2D eigenvalue weighted by Gasteiger charge is 2.30. The molecule has 0 aliphatic heterocycles. The second-order valence-electron chi connectivity index (χ2n) is 4.79. The van der Waals surface area contributed by atoms with Crippen molar-refractivity contribution in [2.45, 2.75) is 25.7 Å². The van der Waals surface area contributed by atoms with Crippen LogP contribution in [0.1, 0.15) is 12.5 Å². The molecule has 0 aliphatic rings. The van der Waals surface area contributed by atoms with Crippen molar-refractivity contribution in [2.75, 3.05) is 7.05 Å². The normalized spacial score (nSPS) is 13.6. The van der Waals surface area contributed by atoms with Crippen molar-refractivity contribution in [1.82, 2.24) is 14.9 Å². The minimum Gasteiger partial charge on any atom is -0.315 e. The fourth-order valence-electron chi connectivity index (χ4n) is 1.96. The maximum atomic E-state index is 12.7. The molecule has 1 atom stereocenters. The number of nitrogens with zero attached hydrogens (tertiary/aromatic N) is 1. The lowest BCUT2D eigenvalue weighted by molar-refractivity contribution is -0.137. The SMILES string of the molecule is CNC(C)Cn1c(=O)[nH]c2ccc(C(F)(F)F)cc2c1=O. The van der Waals surface area contributed by atoms with Crippen LogP contribution in [0.4, 0.5) is 13.2 Å². The standard InChI is InChI=1S/C13H14F3N3O2/c1-7(17-2)6-19-11(20)9-5-8(13(14,15)16)3-4-10(9)18-12(19)21/h3-5,7,17H,6H2,1-2H3,(H,18,21). The quantitative estimate of drug-likeness (QED) is 0.898. The smallest absolute Gasteiger partial charge is 0.315 e. The van der Waals surface area contributed by atoms with Crippen molar-refractivity contribution in [2.24, 2.45) is 0 Å². The van der Waals surface area contributed by atoms with Gasteiger partial charge in [0.25, 0.3) is 5.56 Å². The van der Waals surface area contributed by atoms with E-state index < -0.39 is 23.0 Å². The number of aromatic nitrogens is 2. The lowest BCUT2D eigenvalue weighted by atomic mass is 10.1. The molecule has 0 spiro atoms. The highest BCUT2D eigenvalue weighted by molar-refractivity contribution is 5.78. The summed E-state index contributed by atoms with van der Waals surface area (Å²) in [5.41, 5.74) is -2.21. The molecule has 0 radical (unpaired) electrons. The zero-order valence-corrected chi connectivity index (χ0v) is 11.4. The van der Waals surface area contributed by atoms with Crippen molar-refractivity contribution in [3.8, 4) is 0 Å². The van der Waals surface area contributed by atoms with Crippen LogP contribution in [0.5, 0.6) is 0 Å². The van der Waals surface area contributed by atoms with Crippen LogP contribution in [-0.2, 0) is 12.7 Å². The first-order valence-electron chi connectivity index (χ1n) is 6.25. The predicted octanol–water partition coefficient (Wildman–Crippen LogP) is 1.32. The molecule has 0 aliphatic carbocycles. The molecule has 1 aromatic heterocycles. The molecule has 2 rings (SSSR count). The van der Waals surface area contributed by atoms with Crippen LogP contribution in [0.25, 0.3) is 10.9 Å². The highest BCUT2D eigenvalue weighted by Crippen LogP contribution is 2.30. The molecule has 2 N–H and O–H groups in total. The summed E-state index contributed by atoms with van der Waals surface area (Å²) in [6.45, 7) is 1.82. The Labute approximate surface area is 117 Å². The molecule has 114 valence electrons. The molecular formula is C13H14F3N3O2. The van der Waals surface area contributed by atoms with Gasteiger partial charge in [0.2, 0.25) is 0 Å². The maximum absolute atomic E-state index is 12.7. The van der Waals surface area contributed by atoms with E-state index in [1.807, 2.05) is 0 Å². The zero-order valence-electron chi connectivity index (χ0n) is 11.4. The Bertz CT molecular complexity index is 777. The van der Waals surface area contributed by atoms with Gasteiger partial charge in [0.05, 0.1) is 16.5 Å². The molecule has 0 bridgehead atoms. The average Bonchev–Trinajstić information content (AvgIpc) is 2.41. The molecule has 21 heavy (non-hydrogen) atoms. The Hall–Kier alpha value is -2.09. The molecule has 0 saturated heterocycles. The van der Waals surface area contributed by atoms with Gasteiger partial charge in [-0.3, -0.25) is 9.36 Å². The number of hydrogen-bond donors (Lipinski definition) is 2. The predicted molar refractivity (Wildman–Crippen MR) is 72.4 cm³/mol. The number of rotatable bonds is 3. The molecule has 0 fully saturated rings. The van der Waals surface area contributed by atoms with Crippen LogP contribution in [0.15, 0.2) is 27.8 Å². The second-order valence-corrected chi connectivity index (χ2v) is 4.79. The summed E-state index contributed by atoms with van der Waals surface area (Å²) in [7, 11) is 1.66. The Morgan fingerprint density at radius 3 is 2.57 bits per heavy atom. The summed E-state index contributed by atoms with van der Waals surface area (Å²) in [5, 5.41) is 2.70. The van der Waals surface area contributed by atoms with Gasteiger partial charge < -0.3 is 10.3 Å². The Balaban J connectivity index is 2.68. The molecule has 8 heteroatoms. The third kappa shape index (κ3) is 2.99. The van der Waals surface area contributed by atoms with Gasteiger partial charge in [-0.2, -0.15) is 13.2 Å². The van der Waals surface area contributed by atoms with Crippen LogP contribution in [-0.4, -0.2) is 22.6 Å². The fraction of sp³-hybridized carbons (Fsp3) is 0.385. The van der Waals surface area contributed by atoms with E-state index in [9.17, 15) is 22.8 Å². The Morgan fingerprint density at radius 1 is 1.33 bits per heavy atom. The van der Waals surface area contributed by atoms with Crippen LogP contribution in [0.2, 0.25) is 0 Å². The molecule has 1 heterocycles. The third-order valence-electron chi connectivity index (χ3n) is 3.26. The summed E-state index contributed by atoms with van der Waals surface area (Å²) in [6, 6.07) is 2.51. The van der Waals surface area contributed by atoms with E-state index in [1.165, 1.54) is 0 Å². The number of halogens is 3. The lowest BCUT2D eigenvalue weighted by Crippen LogP contribution is -2.40. The number of hydrogen-bond acceptors (Lipinski definition) is 3. The van der Waals surface area contributed by atoms with Crippen LogP contribution >= 0.6 is 0 Å². The van der Waals surface area contributed by atoms with Crippen molar-refractivity contribution in [3.05, 3.63) is 44.6 Å². The van der Waals surface area contributed by atoms with Crippen molar-refractivity contribution >= 4 is 10.9 Å². The van der Waals surface area contributed by atoms with Gasteiger partial charge in [-0.1, -0.05) is 0 Å². The van der Waals surface area contributed by atoms with E-state index in [1.54, 1.807) is 14.0 Å². The largest absolute Gasteiger partial charge is 0.416 e. The summed E-state index contributed by atoms with van der Waals surface area (Å²) in [5.74, 6) is 0. The number of likely N-dealkylation sites (N-methyl/N-ethyl adjacent to an activating group) is 1. The van der Waals surface area contributed by atoms with E-state index in [0.29, 0.717) is 0 Å². The maximum Gasteiger partial charge on any atom is 0.416 e. The van der Waals surface area contributed by atoms with Gasteiger partial charge in [0.1, 0.15) is 0 Å². The van der Waals surface area contributed by atoms with Crippen LogP contribution in [0, 0.1) is 0 Å². The zero-order chi connectivity index (χ0) is 15.8. The molecule has 0 saturated carbocycles. The molecule has 0 amide bonds. The summed E-state index contributed by atoms with van der Waals surface area (Å²) >= 11 is 0. The average molecular weight is 301 g/mol. The number of alkyl halides is 3. The lowest BCUT2D eigenvalue weighted by Gasteiger charge is -2.13. The van der Waals surface area contributed by atoms with Crippen LogP contribution < -0.4 is 16.6 Å². The molecule has 5 nitrogen and oxygen atoms in total.